The lowest BCUT2D eigenvalue weighted by atomic mass is 10.0. The summed E-state index contributed by atoms with van der Waals surface area (Å²) in [7, 11) is 3.02. The predicted molar refractivity (Wildman–Crippen MR) is 110 cm³/mol. The molecule has 1 amide bonds. The molecule has 0 saturated carbocycles. The molecular weight excluding hydrogens is 404 g/mol. The van der Waals surface area contributed by atoms with Crippen LogP contribution in [0.5, 0.6) is 17.2 Å². The minimum atomic E-state index is -0.726. The molecule has 1 heterocycles. The molecule has 1 aliphatic rings. The molecule has 3 aromatic carbocycles. The van der Waals surface area contributed by atoms with Crippen LogP contribution >= 0.6 is 0 Å². The SMILES string of the molecule is COc1ccc(OCC(c2ccc(OC)cc2F)N2Cc3ccc(F)cc3C2=O)cc1. The molecule has 1 atom stereocenters. The number of methoxy groups -OCH3 is 2. The normalized spacial score (nSPS) is 13.7. The minimum absolute atomic E-state index is 0.0117. The number of carbonyl (C=O) groups is 1. The van der Waals surface area contributed by atoms with Crippen molar-refractivity contribution in [2.24, 2.45) is 0 Å². The van der Waals surface area contributed by atoms with E-state index in [0.717, 1.165) is 0 Å². The zero-order chi connectivity index (χ0) is 22.0. The largest absolute Gasteiger partial charge is 0.497 e. The fourth-order valence-corrected chi connectivity index (χ4v) is 3.65. The zero-order valence-electron chi connectivity index (χ0n) is 17.1. The van der Waals surface area contributed by atoms with Crippen LogP contribution in [0, 0.1) is 11.6 Å². The standard InChI is InChI=1S/C24H21F2NO4/c1-29-17-5-7-18(8-6-17)31-14-23(20-10-9-19(30-2)12-22(20)26)27-13-15-3-4-16(25)11-21(15)24(27)28/h3-12,23H,13-14H2,1-2H3. The summed E-state index contributed by atoms with van der Waals surface area (Å²) in [5, 5.41) is 0. The van der Waals surface area contributed by atoms with Gasteiger partial charge in [0.2, 0.25) is 0 Å². The number of halogens is 2. The van der Waals surface area contributed by atoms with Gasteiger partial charge in [-0.3, -0.25) is 4.79 Å². The third kappa shape index (κ3) is 4.17. The molecule has 0 aromatic heterocycles. The highest BCUT2D eigenvalue weighted by Crippen LogP contribution is 2.34. The van der Waals surface area contributed by atoms with Crippen LogP contribution in [0.4, 0.5) is 8.78 Å². The predicted octanol–water partition coefficient (Wildman–Crippen LogP) is 4.76. The molecule has 4 rings (SSSR count). The van der Waals surface area contributed by atoms with Crippen molar-refractivity contribution in [1.82, 2.24) is 4.90 Å². The summed E-state index contributed by atoms with van der Waals surface area (Å²) in [5.74, 6) is 0.225. The molecule has 160 valence electrons. The minimum Gasteiger partial charge on any atom is -0.497 e. The summed E-state index contributed by atoms with van der Waals surface area (Å²) in [4.78, 5) is 14.5. The lowest BCUT2D eigenvalue weighted by molar-refractivity contribution is 0.0630. The Hall–Kier alpha value is -3.61. The van der Waals surface area contributed by atoms with Crippen LogP contribution in [-0.2, 0) is 6.54 Å². The summed E-state index contributed by atoms with van der Waals surface area (Å²) in [6, 6.07) is 14.8. The van der Waals surface area contributed by atoms with Crippen molar-refractivity contribution in [3.8, 4) is 17.2 Å². The molecule has 0 N–H and O–H groups in total. The molecule has 1 aliphatic heterocycles. The van der Waals surface area contributed by atoms with Crippen molar-refractivity contribution in [3.63, 3.8) is 0 Å². The number of benzene rings is 3. The van der Waals surface area contributed by atoms with Gasteiger partial charge in [0.1, 0.15) is 35.5 Å². The molecule has 5 nitrogen and oxygen atoms in total. The van der Waals surface area contributed by atoms with Crippen molar-refractivity contribution in [3.05, 3.63) is 89.0 Å². The van der Waals surface area contributed by atoms with E-state index in [0.29, 0.717) is 22.8 Å². The first-order valence-corrected chi connectivity index (χ1v) is 9.70. The molecular formula is C24H21F2NO4. The van der Waals surface area contributed by atoms with Gasteiger partial charge in [-0.2, -0.15) is 0 Å². The van der Waals surface area contributed by atoms with Gasteiger partial charge in [0.25, 0.3) is 5.91 Å². The Balaban J connectivity index is 1.65. The van der Waals surface area contributed by atoms with Crippen molar-refractivity contribution < 1.29 is 27.8 Å². The van der Waals surface area contributed by atoms with Crippen molar-refractivity contribution in [2.75, 3.05) is 20.8 Å². The molecule has 0 saturated heterocycles. The van der Waals surface area contributed by atoms with Gasteiger partial charge in [-0.25, -0.2) is 8.78 Å². The highest BCUT2D eigenvalue weighted by atomic mass is 19.1. The van der Waals surface area contributed by atoms with Crippen LogP contribution in [0.1, 0.15) is 27.5 Å². The Morgan fingerprint density at radius 1 is 0.903 bits per heavy atom. The molecule has 1 unspecified atom stereocenters. The van der Waals surface area contributed by atoms with Crippen LogP contribution in [0.15, 0.2) is 60.7 Å². The van der Waals surface area contributed by atoms with Crippen LogP contribution in [-0.4, -0.2) is 31.6 Å². The van der Waals surface area contributed by atoms with E-state index < -0.39 is 17.7 Å². The van der Waals surface area contributed by atoms with E-state index in [2.05, 4.69) is 0 Å². The topological polar surface area (TPSA) is 48.0 Å². The number of fused-ring (bicyclic) bond motifs is 1. The van der Waals surface area contributed by atoms with Gasteiger partial charge >= 0.3 is 0 Å². The smallest absolute Gasteiger partial charge is 0.255 e. The molecule has 7 heteroatoms. The molecule has 0 bridgehead atoms. The number of rotatable bonds is 7. The van der Waals surface area contributed by atoms with Crippen molar-refractivity contribution in [2.45, 2.75) is 12.6 Å². The number of amides is 1. The van der Waals surface area contributed by atoms with Gasteiger partial charge in [-0.15, -0.1) is 0 Å². The molecule has 3 aromatic rings. The van der Waals surface area contributed by atoms with Crippen molar-refractivity contribution >= 4 is 5.91 Å². The number of ether oxygens (including phenoxy) is 3. The molecule has 0 radical (unpaired) electrons. The first kappa shape index (κ1) is 20.7. The second-order valence-electron chi connectivity index (χ2n) is 7.12. The van der Waals surface area contributed by atoms with Gasteiger partial charge in [0, 0.05) is 23.7 Å². The monoisotopic (exact) mass is 425 g/mol. The zero-order valence-corrected chi connectivity index (χ0v) is 17.1. The first-order valence-electron chi connectivity index (χ1n) is 9.70. The van der Waals surface area contributed by atoms with E-state index in [4.69, 9.17) is 14.2 Å². The van der Waals surface area contributed by atoms with Gasteiger partial charge in [-0.05, 0) is 48.0 Å². The number of carbonyl (C=O) groups excluding carboxylic acids is 1. The van der Waals surface area contributed by atoms with Gasteiger partial charge < -0.3 is 19.1 Å². The van der Waals surface area contributed by atoms with Gasteiger partial charge in [0.15, 0.2) is 0 Å². The van der Waals surface area contributed by atoms with E-state index in [9.17, 15) is 13.6 Å². The lowest BCUT2D eigenvalue weighted by Crippen LogP contribution is -2.33. The molecule has 0 fully saturated rings. The first-order chi connectivity index (χ1) is 15.0. The van der Waals surface area contributed by atoms with Crippen LogP contribution in [0.25, 0.3) is 0 Å². The fraction of sp³-hybridized carbons (Fsp3) is 0.208. The van der Waals surface area contributed by atoms with Crippen LogP contribution < -0.4 is 14.2 Å². The van der Waals surface area contributed by atoms with Gasteiger partial charge in [0.05, 0.1) is 20.3 Å². The lowest BCUT2D eigenvalue weighted by Gasteiger charge is -2.28. The molecule has 0 aliphatic carbocycles. The second-order valence-corrected chi connectivity index (χ2v) is 7.12. The highest BCUT2D eigenvalue weighted by molar-refractivity contribution is 5.98. The van der Waals surface area contributed by atoms with Crippen LogP contribution in [0.3, 0.4) is 0 Å². The Morgan fingerprint density at radius 3 is 2.26 bits per heavy atom. The summed E-state index contributed by atoms with van der Waals surface area (Å²) in [6.07, 6.45) is 0. The average molecular weight is 425 g/mol. The van der Waals surface area contributed by atoms with E-state index in [1.807, 2.05) is 0 Å². The third-order valence-electron chi connectivity index (χ3n) is 5.31. The van der Waals surface area contributed by atoms with E-state index in [1.165, 1.54) is 30.2 Å². The van der Waals surface area contributed by atoms with Crippen molar-refractivity contribution in [1.29, 1.82) is 0 Å². The maximum absolute atomic E-state index is 14.9. The Kier molecular flexibility index (Phi) is 5.75. The molecule has 0 spiro atoms. The third-order valence-corrected chi connectivity index (χ3v) is 5.31. The number of nitrogens with zero attached hydrogens (tertiary/aromatic N) is 1. The molecule has 31 heavy (non-hydrogen) atoms. The number of hydrogen-bond donors (Lipinski definition) is 0. The Bertz CT molecular complexity index is 1100. The van der Waals surface area contributed by atoms with Gasteiger partial charge in [-0.1, -0.05) is 12.1 Å². The summed E-state index contributed by atoms with van der Waals surface area (Å²) < 4.78 is 44.7. The van der Waals surface area contributed by atoms with E-state index in [-0.39, 0.29) is 30.2 Å². The van der Waals surface area contributed by atoms with E-state index >= 15 is 0 Å². The van der Waals surface area contributed by atoms with E-state index in [1.54, 1.807) is 49.6 Å². The summed E-state index contributed by atoms with van der Waals surface area (Å²) >= 11 is 0. The van der Waals surface area contributed by atoms with Crippen LogP contribution in [0.2, 0.25) is 0 Å². The Morgan fingerprint density at radius 2 is 1.58 bits per heavy atom. The number of hydrogen-bond acceptors (Lipinski definition) is 4. The quantitative estimate of drug-likeness (QED) is 0.548. The summed E-state index contributed by atoms with van der Waals surface area (Å²) in [5.41, 5.74) is 1.26. The highest BCUT2D eigenvalue weighted by Gasteiger charge is 2.35. The fourth-order valence-electron chi connectivity index (χ4n) is 3.65. The Labute approximate surface area is 178 Å². The second kappa shape index (κ2) is 8.63. The average Bonchev–Trinajstić information content (AvgIpc) is 3.11. The summed E-state index contributed by atoms with van der Waals surface area (Å²) in [6.45, 7) is 0.244. The maximum Gasteiger partial charge on any atom is 0.255 e. The maximum atomic E-state index is 14.9.